The monoisotopic (exact) mass is 841 g/mol. The van der Waals surface area contributed by atoms with E-state index in [9.17, 15) is 0 Å². The molecule has 1 aromatic heterocycles. The summed E-state index contributed by atoms with van der Waals surface area (Å²) in [6.45, 7) is 4.74. The lowest BCUT2D eigenvalue weighted by Gasteiger charge is -2.36. The fraction of sp³-hybridized carbons (Fsp3) is 0.0625. The van der Waals surface area contributed by atoms with E-state index in [-0.39, 0.29) is 5.41 Å². The quantitative estimate of drug-likeness (QED) is 0.176. The molecule has 66 heavy (non-hydrogen) atoms. The smallest absolute Gasteiger partial charge is 0.135 e. The number of anilines is 3. The topological polar surface area (TPSA) is 16.4 Å². The zero-order valence-corrected chi connectivity index (χ0v) is 36.7. The van der Waals surface area contributed by atoms with E-state index in [4.69, 9.17) is 4.42 Å². The van der Waals surface area contributed by atoms with Crippen molar-refractivity contribution in [3.63, 3.8) is 0 Å². The second kappa shape index (κ2) is 13.7. The molecule has 0 bridgehead atoms. The summed E-state index contributed by atoms with van der Waals surface area (Å²) in [7, 11) is 0. The van der Waals surface area contributed by atoms with Crippen molar-refractivity contribution in [3.05, 3.63) is 258 Å². The number of rotatable bonds is 4. The fourth-order valence-corrected chi connectivity index (χ4v) is 12.2. The predicted octanol–water partition coefficient (Wildman–Crippen LogP) is 17.0. The molecule has 1 spiro atoms. The minimum atomic E-state index is -0.645. The summed E-state index contributed by atoms with van der Waals surface area (Å²) < 4.78 is 6.72. The molecular weight excluding hydrogens is 799 g/mol. The van der Waals surface area contributed by atoms with Gasteiger partial charge in [-0.25, -0.2) is 0 Å². The van der Waals surface area contributed by atoms with Crippen molar-refractivity contribution in [2.45, 2.75) is 24.7 Å². The molecule has 0 aliphatic heterocycles. The van der Waals surface area contributed by atoms with E-state index in [0.717, 1.165) is 39.0 Å². The van der Waals surface area contributed by atoms with E-state index >= 15 is 0 Å². The number of fused-ring (bicyclic) bond motifs is 18. The fourth-order valence-electron chi connectivity index (χ4n) is 12.2. The van der Waals surface area contributed by atoms with Gasteiger partial charge in [0.05, 0.1) is 5.41 Å². The van der Waals surface area contributed by atoms with Crippen LogP contribution in [0.2, 0.25) is 0 Å². The van der Waals surface area contributed by atoms with Gasteiger partial charge in [-0.2, -0.15) is 0 Å². The summed E-state index contributed by atoms with van der Waals surface area (Å²) in [6, 6.07) is 83.5. The Labute approximate surface area is 384 Å². The zero-order chi connectivity index (χ0) is 43.7. The molecule has 11 aromatic rings. The van der Waals surface area contributed by atoms with Crippen LogP contribution >= 0.6 is 0 Å². The van der Waals surface area contributed by atoms with Crippen LogP contribution in [0.4, 0.5) is 17.1 Å². The van der Waals surface area contributed by atoms with Gasteiger partial charge in [0, 0.05) is 33.2 Å². The van der Waals surface area contributed by atoms with Crippen LogP contribution in [-0.4, -0.2) is 0 Å². The van der Waals surface area contributed by atoms with Crippen molar-refractivity contribution in [3.8, 4) is 55.6 Å². The highest BCUT2D eigenvalue weighted by Crippen LogP contribution is 2.63. The van der Waals surface area contributed by atoms with Gasteiger partial charge in [-0.1, -0.05) is 184 Å². The minimum absolute atomic E-state index is 0.149. The number of furan rings is 1. The third-order valence-corrected chi connectivity index (χ3v) is 15.1. The summed E-state index contributed by atoms with van der Waals surface area (Å²) in [6.07, 6.45) is 0. The van der Waals surface area contributed by atoms with Crippen LogP contribution in [0.15, 0.2) is 229 Å². The third kappa shape index (κ3) is 5.01. The molecule has 1 atom stereocenters. The van der Waals surface area contributed by atoms with Crippen LogP contribution in [-0.2, 0) is 10.8 Å². The van der Waals surface area contributed by atoms with Crippen LogP contribution in [0.25, 0.3) is 77.6 Å². The summed E-state index contributed by atoms with van der Waals surface area (Å²) in [4.78, 5) is 2.47. The molecular formula is C64H43NO. The molecule has 2 heteroatoms. The molecule has 3 aliphatic rings. The van der Waals surface area contributed by atoms with Gasteiger partial charge in [-0.05, 0) is 144 Å². The molecule has 0 fully saturated rings. The first-order chi connectivity index (χ1) is 32.5. The molecule has 310 valence electrons. The number of para-hydroxylation sites is 1. The Balaban J connectivity index is 1.05. The van der Waals surface area contributed by atoms with Crippen molar-refractivity contribution >= 4 is 39.0 Å². The maximum absolute atomic E-state index is 6.72. The Kier molecular flexibility index (Phi) is 7.70. The van der Waals surface area contributed by atoms with Gasteiger partial charge in [0.2, 0.25) is 0 Å². The lowest BCUT2D eigenvalue weighted by molar-refractivity contribution is 0.660. The van der Waals surface area contributed by atoms with E-state index in [2.05, 4.69) is 243 Å². The number of benzene rings is 10. The van der Waals surface area contributed by atoms with E-state index in [0.29, 0.717) is 0 Å². The lowest BCUT2D eigenvalue weighted by atomic mass is 9.66. The van der Waals surface area contributed by atoms with Gasteiger partial charge < -0.3 is 9.32 Å². The van der Waals surface area contributed by atoms with Gasteiger partial charge in [-0.3, -0.25) is 0 Å². The first kappa shape index (κ1) is 37.2. The normalized spacial score (nSPS) is 15.6. The maximum Gasteiger partial charge on any atom is 0.135 e. The molecule has 0 radical (unpaired) electrons. The minimum Gasteiger partial charge on any atom is -0.456 e. The Hall–Kier alpha value is -8.20. The third-order valence-electron chi connectivity index (χ3n) is 15.1. The van der Waals surface area contributed by atoms with Crippen LogP contribution in [0, 0.1) is 0 Å². The molecule has 0 saturated heterocycles. The molecule has 10 aromatic carbocycles. The second-order valence-electron chi connectivity index (χ2n) is 18.8. The first-order valence-electron chi connectivity index (χ1n) is 23.1. The number of nitrogens with zero attached hydrogens (tertiary/aromatic N) is 1. The zero-order valence-electron chi connectivity index (χ0n) is 36.7. The highest BCUT2D eigenvalue weighted by molar-refractivity contribution is 6.09. The van der Waals surface area contributed by atoms with E-state index in [1.807, 2.05) is 0 Å². The van der Waals surface area contributed by atoms with Crippen molar-refractivity contribution in [1.29, 1.82) is 0 Å². The molecule has 14 rings (SSSR count). The van der Waals surface area contributed by atoms with E-state index < -0.39 is 5.41 Å². The summed E-state index contributed by atoms with van der Waals surface area (Å²) in [5.41, 5.74) is 24.6. The van der Waals surface area contributed by atoms with Gasteiger partial charge in [0.15, 0.2) is 0 Å². The largest absolute Gasteiger partial charge is 0.456 e. The van der Waals surface area contributed by atoms with Crippen molar-refractivity contribution in [2.24, 2.45) is 0 Å². The van der Waals surface area contributed by atoms with E-state index in [1.165, 1.54) is 89.0 Å². The van der Waals surface area contributed by atoms with Gasteiger partial charge in [-0.15, -0.1) is 0 Å². The molecule has 3 aliphatic carbocycles. The summed E-state index contributed by atoms with van der Waals surface area (Å²) >= 11 is 0. The standard InChI is InChI=1S/C64H43NO/c1-63(2)55-24-12-8-21-48(55)50-34-32-44(37-59(50)63)65(42-30-28-41(29-31-42)40-16-4-3-5-17-40)43-33-35-58-52(36-43)46-19-7-6-18-45(46)47-20-9-13-25-56(47)64(58)57-26-14-10-22-49(57)53-38-54-51-23-11-15-27-61(51)66-62(54)39-60(53)64/h3-39H,1-2H3. The molecule has 0 amide bonds. The Morgan fingerprint density at radius 2 is 0.803 bits per heavy atom. The molecule has 0 saturated carbocycles. The van der Waals surface area contributed by atoms with Crippen LogP contribution < -0.4 is 4.90 Å². The Morgan fingerprint density at radius 1 is 0.303 bits per heavy atom. The second-order valence-corrected chi connectivity index (χ2v) is 18.8. The molecule has 1 heterocycles. The Bertz CT molecular complexity index is 3800. The number of hydrogen-bond acceptors (Lipinski definition) is 2. The SMILES string of the molecule is CC1(C)c2ccccc2-c2ccc(N(c3ccc(-c4ccccc4)cc3)c3ccc4c(c3)-c3ccccc3-c3ccccc3C43c4ccccc4-c4cc5c(cc43)oc3ccccc35)cc21. The van der Waals surface area contributed by atoms with Crippen LogP contribution in [0.3, 0.4) is 0 Å². The van der Waals surface area contributed by atoms with Crippen molar-refractivity contribution in [1.82, 2.24) is 0 Å². The van der Waals surface area contributed by atoms with Crippen LogP contribution in [0.5, 0.6) is 0 Å². The Morgan fingerprint density at radius 3 is 1.55 bits per heavy atom. The van der Waals surface area contributed by atoms with Gasteiger partial charge >= 0.3 is 0 Å². The average molecular weight is 842 g/mol. The van der Waals surface area contributed by atoms with Gasteiger partial charge in [0.1, 0.15) is 11.2 Å². The van der Waals surface area contributed by atoms with Gasteiger partial charge in [0.25, 0.3) is 0 Å². The molecule has 2 nitrogen and oxygen atoms in total. The van der Waals surface area contributed by atoms with Crippen LogP contribution in [0.1, 0.15) is 47.2 Å². The number of hydrogen-bond donors (Lipinski definition) is 0. The van der Waals surface area contributed by atoms with Crippen molar-refractivity contribution < 1.29 is 4.42 Å². The highest BCUT2D eigenvalue weighted by Gasteiger charge is 2.50. The van der Waals surface area contributed by atoms with E-state index in [1.54, 1.807) is 0 Å². The first-order valence-corrected chi connectivity index (χ1v) is 23.1. The summed E-state index contributed by atoms with van der Waals surface area (Å²) in [5, 5.41) is 2.29. The molecule has 1 unspecified atom stereocenters. The lowest BCUT2D eigenvalue weighted by Crippen LogP contribution is -2.29. The predicted molar refractivity (Wildman–Crippen MR) is 273 cm³/mol. The molecule has 0 N–H and O–H groups in total. The van der Waals surface area contributed by atoms with Crippen molar-refractivity contribution in [2.75, 3.05) is 4.90 Å². The highest BCUT2D eigenvalue weighted by atomic mass is 16.3. The maximum atomic E-state index is 6.72. The average Bonchev–Trinajstić information content (AvgIpc) is 3.93. The summed E-state index contributed by atoms with van der Waals surface area (Å²) in [5.74, 6) is 0.